The number of rotatable bonds is 1. The molecule has 1 heterocycles. The molecule has 0 unspecified atom stereocenters. The van der Waals surface area contributed by atoms with Gasteiger partial charge in [0.15, 0.2) is 0 Å². The minimum absolute atomic E-state index is 0.0131. The Kier molecular flexibility index (Phi) is 4.18. The molecule has 0 aromatic heterocycles. The lowest BCUT2D eigenvalue weighted by Gasteiger charge is -2.35. The van der Waals surface area contributed by atoms with Crippen LogP contribution >= 0.6 is 23.2 Å². The summed E-state index contributed by atoms with van der Waals surface area (Å²) in [4.78, 5) is 14.3. The van der Waals surface area contributed by atoms with Crippen LogP contribution in [0.1, 0.15) is 30.6 Å². The van der Waals surface area contributed by atoms with E-state index in [0.29, 0.717) is 27.4 Å². The first-order valence-electron chi connectivity index (χ1n) is 6.21. The molecule has 0 saturated carbocycles. The van der Waals surface area contributed by atoms with Crippen LogP contribution in [0, 0.1) is 11.8 Å². The zero-order valence-electron chi connectivity index (χ0n) is 10.6. The SMILES string of the molecule is C[C@H]1C[C@H](C)CN(C(=O)c2cc(Cl)ccc2Cl)C1. The van der Waals surface area contributed by atoms with Gasteiger partial charge in [-0.05, 0) is 36.5 Å². The molecule has 1 aliphatic heterocycles. The fraction of sp³-hybridized carbons (Fsp3) is 0.500. The summed E-state index contributed by atoms with van der Waals surface area (Å²) in [6.45, 7) is 5.95. The molecule has 0 aliphatic carbocycles. The van der Waals surface area contributed by atoms with Gasteiger partial charge in [-0.2, -0.15) is 0 Å². The van der Waals surface area contributed by atoms with Crippen LogP contribution in [-0.2, 0) is 0 Å². The van der Waals surface area contributed by atoms with Crippen LogP contribution < -0.4 is 0 Å². The van der Waals surface area contributed by atoms with Crippen molar-refractivity contribution in [2.24, 2.45) is 11.8 Å². The van der Waals surface area contributed by atoms with E-state index in [1.54, 1.807) is 18.2 Å². The molecular formula is C14H17Cl2NO. The Labute approximate surface area is 118 Å². The second-order valence-electron chi connectivity index (χ2n) is 5.28. The first kappa shape index (κ1) is 13.7. The van der Waals surface area contributed by atoms with E-state index in [2.05, 4.69) is 13.8 Å². The Balaban J connectivity index is 2.22. The Bertz CT molecular complexity index is 451. The molecule has 1 aromatic rings. The molecule has 1 saturated heterocycles. The van der Waals surface area contributed by atoms with E-state index in [1.807, 2.05) is 4.90 Å². The lowest BCUT2D eigenvalue weighted by Crippen LogP contribution is -2.42. The van der Waals surface area contributed by atoms with Crippen molar-refractivity contribution in [2.75, 3.05) is 13.1 Å². The number of carbonyl (C=O) groups excluding carboxylic acids is 1. The summed E-state index contributed by atoms with van der Waals surface area (Å²) >= 11 is 12.0. The van der Waals surface area contributed by atoms with Crippen molar-refractivity contribution in [3.05, 3.63) is 33.8 Å². The Morgan fingerprint density at radius 2 is 1.83 bits per heavy atom. The lowest BCUT2D eigenvalue weighted by atomic mass is 9.91. The van der Waals surface area contributed by atoms with Gasteiger partial charge in [-0.15, -0.1) is 0 Å². The molecule has 98 valence electrons. The topological polar surface area (TPSA) is 20.3 Å². The van der Waals surface area contributed by atoms with E-state index in [-0.39, 0.29) is 5.91 Å². The van der Waals surface area contributed by atoms with Gasteiger partial charge in [0.1, 0.15) is 0 Å². The van der Waals surface area contributed by atoms with Gasteiger partial charge in [0.25, 0.3) is 5.91 Å². The highest BCUT2D eigenvalue weighted by molar-refractivity contribution is 6.35. The van der Waals surface area contributed by atoms with E-state index in [0.717, 1.165) is 13.1 Å². The van der Waals surface area contributed by atoms with Gasteiger partial charge < -0.3 is 4.90 Å². The average molecular weight is 286 g/mol. The highest BCUT2D eigenvalue weighted by Gasteiger charge is 2.27. The van der Waals surface area contributed by atoms with Crippen molar-refractivity contribution < 1.29 is 4.79 Å². The zero-order chi connectivity index (χ0) is 13.3. The number of amides is 1. The molecule has 1 aliphatic rings. The maximum absolute atomic E-state index is 12.4. The molecule has 4 heteroatoms. The molecule has 18 heavy (non-hydrogen) atoms. The number of hydrogen-bond donors (Lipinski definition) is 0. The smallest absolute Gasteiger partial charge is 0.255 e. The summed E-state index contributed by atoms with van der Waals surface area (Å²) in [6, 6.07) is 5.02. The summed E-state index contributed by atoms with van der Waals surface area (Å²) < 4.78 is 0. The molecule has 2 atom stereocenters. The predicted molar refractivity (Wildman–Crippen MR) is 75.3 cm³/mol. The minimum Gasteiger partial charge on any atom is -0.338 e. The zero-order valence-corrected chi connectivity index (χ0v) is 12.1. The van der Waals surface area contributed by atoms with E-state index < -0.39 is 0 Å². The first-order chi connectivity index (χ1) is 8.47. The standard InChI is InChI=1S/C14H17Cl2NO/c1-9-5-10(2)8-17(7-9)14(18)12-6-11(15)3-4-13(12)16/h3-4,6,9-10H,5,7-8H2,1-2H3/t9-,10-/m0/s1. The number of likely N-dealkylation sites (tertiary alicyclic amines) is 1. The largest absolute Gasteiger partial charge is 0.338 e. The first-order valence-corrected chi connectivity index (χ1v) is 6.97. The second kappa shape index (κ2) is 5.50. The van der Waals surface area contributed by atoms with Gasteiger partial charge in [-0.3, -0.25) is 4.79 Å². The number of piperidine rings is 1. The fourth-order valence-corrected chi connectivity index (χ4v) is 3.03. The second-order valence-corrected chi connectivity index (χ2v) is 6.12. The van der Waals surface area contributed by atoms with Crippen LogP contribution in [0.15, 0.2) is 18.2 Å². The van der Waals surface area contributed by atoms with Crippen LogP contribution in [0.5, 0.6) is 0 Å². The third-order valence-corrected chi connectivity index (χ3v) is 3.88. The van der Waals surface area contributed by atoms with E-state index in [4.69, 9.17) is 23.2 Å². The summed E-state index contributed by atoms with van der Waals surface area (Å²) in [5, 5.41) is 1.01. The third kappa shape index (κ3) is 2.99. The fourth-order valence-electron chi connectivity index (χ4n) is 2.66. The van der Waals surface area contributed by atoms with Gasteiger partial charge in [-0.1, -0.05) is 37.0 Å². The van der Waals surface area contributed by atoms with Crippen molar-refractivity contribution in [1.29, 1.82) is 0 Å². The number of hydrogen-bond acceptors (Lipinski definition) is 1. The number of benzene rings is 1. The average Bonchev–Trinajstić information content (AvgIpc) is 2.30. The van der Waals surface area contributed by atoms with E-state index in [9.17, 15) is 4.79 Å². The lowest BCUT2D eigenvalue weighted by molar-refractivity contribution is 0.0623. The van der Waals surface area contributed by atoms with Gasteiger partial charge >= 0.3 is 0 Å². The molecule has 1 amide bonds. The normalized spacial score (nSPS) is 24.1. The quantitative estimate of drug-likeness (QED) is 0.760. The highest BCUT2D eigenvalue weighted by Crippen LogP contribution is 2.26. The summed E-state index contributed by atoms with van der Waals surface area (Å²) in [5.41, 5.74) is 0.505. The molecular weight excluding hydrogens is 269 g/mol. The predicted octanol–water partition coefficient (Wildman–Crippen LogP) is 4.11. The van der Waals surface area contributed by atoms with Crippen LogP contribution in [0.3, 0.4) is 0 Å². The van der Waals surface area contributed by atoms with Crippen LogP contribution in [0.25, 0.3) is 0 Å². The van der Waals surface area contributed by atoms with Crippen molar-refractivity contribution >= 4 is 29.1 Å². The molecule has 0 radical (unpaired) electrons. The van der Waals surface area contributed by atoms with Crippen molar-refractivity contribution in [1.82, 2.24) is 4.90 Å². The van der Waals surface area contributed by atoms with E-state index >= 15 is 0 Å². The third-order valence-electron chi connectivity index (χ3n) is 3.31. The molecule has 1 fully saturated rings. The summed E-state index contributed by atoms with van der Waals surface area (Å²) in [7, 11) is 0. The van der Waals surface area contributed by atoms with Gasteiger partial charge in [0, 0.05) is 18.1 Å². The minimum atomic E-state index is -0.0131. The van der Waals surface area contributed by atoms with Gasteiger partial charge in [0.05, 0.1) is 10.6 Å². The van der Waals surface area contributed by atoms with Gasteiger partial charge in [-0.25, -0.2) is 0 Å². The molecule has 0 N–H and O–H groups in total. The van der Waals surface area contributed by atoms with Crippen LogP contribution in [-0.4, -0.2) is 23.9 Å². The number of halogens is 2. The van der Waals surface area contributed by atoms with Crippen molar-refractivity contribution in [3.63, 3.8) is 0 Å². The Hall–Kier alpha value is -0.730. The molecule has 2 nitrogen and oxygen atoms in total. The Morgan fingerprint density at radius 3 is 2.44 bits per heavy atom. The van der Waals surface area contributed by atoms with Gasteiger partial charge in [0.2, 0.25) is 0 Å². The monoisotopic (exact) mass is 285 g/mol. The molecule has 0 bridgehead atoms. The van der Waals surface area contributed by atoms with Crippen molar-refractivity contribution in [2.45, 2.75) is 20.3 Å². The maximum Gasteiger partial charge on any atom is 0.255 e. The number of nitrogens with zero attached hydrogens (tertiary/aromatic N) is 1. The van der Waals surface area contributed by atoms with Crippen molar-refractivity contribution in [3.8, 4) is 0 Å². The van der Waals surface area contributed by atoms with Crippen LogP contribution in [0.4, 0.5) is 0 Å². The van der Waals surface area contributed by atoms with Crippen LogP contribution in [0.2, 0.25) is 10.0 Å². The molecule has 1 aromatic carbocycles. The summed E-state index contributed by atoms with van der Waals surface area (Å²) in [5.74, 6) is 1.06. The van der Waals surface area contributed by atoms with E-state index in [1.165, 1.54) is 6.42 Å². The summed E-state index contributed by atoms with van der Waals surface area (Å²) in [6.07, 6.45) is 1.17. The Morgan fingerprint density at radius 1 is 1.22 bits per heavy atom. The maximum atomic E-state index is 12.4. The molecule has 2 rings (SSSR count). The number of carbonyl (C=O) groups is 1. The molecule has 0 spiro atoms. The highest BCUT2D eigenvalue weighted by atomic mass is 35.5.